The molecule has 0 amide bonds. The Balaban J connectivity index is 0.928. The monoisotopic (exact) mass is 858 g/mol. The molecule has 0 saturated heterocycles. The maximum atomic E-state index is 7.03. The Morgan fingerprint density at radius 3 is 1.76 bits per heavy atom. The molecule has 3 heterocycles. The summed E-state index contributed by atoms with van der Waals surface area (Å²) in [7, 11) is 0. The van der Waals surface area contributed by atoms with E-state index in [1.54, 1.807) is 0 Å². The normalized spacial score (nSPS) is 12.0. The molecule has 0 N–H and O–H groups in total. The van der Waals surface area contributed by atoms with Gasteiger partial charge in [0.1, 0.15) is 28.2 Å². The fourth-order valence-corrected chi connectivity index (χ4v) is 10.4. The zero-order valence-corrected chi connectivity index (χ0v) is 36.1. The van der Waals surface area contributed by atoms with Crippen LogP contribution in [0.4, 0.5) is 34.1 Å². The van der Waals surface area contributed by atoms with Crippen LogP contribution in [0, 0.1) is 0 Å². The molecule has 5 nitrogen and oxygen atoms in total. The number of ether oxygens (including phenoxy) is 1. The van der Waals surface area contributed by atoms with Crippen molar-refractivity contribution in [2.75, 3.05) is 9.80 Å². The van der Waals surface area contributed by atoms with E-state index in [4.69, 9.17) is 13.6 Å². The molecule has 0 fully saturated rings. The summed E-state index contributed by atoms with van der Waals surface area (Å²) in [6, 6.07) is 81.4. The second-order valence-corrected chi connectivity index (χ2v) is 17.2. The summed E-state index contributed by atoms with van der Waals surface area (Å²) >= 11 is 0. The van der Waals surface area contributed by atoms with Crippen LogP contribution in [-0.2, 0) is 0 Å². The van der Waals surface area contributed by atoms with Gasteiger partial charge in [0.15, 0.2) is 5.58 Å². The Hall–Kier alpha value is -9.06. The number of para-hydroxylation sites is 5. The van der Waals surface area contributed by atoms with Crippen molar-refractivity contribution in [1.82, 2.24) is 0 Å². The van der Waals surface area contributed by atoms with Gasteiger partial charge < -0.3 is 23.4 Å². The van der Waals surface area contributed by atoms with Gasteiger partial charge in [-0.2, -0.15) is 0 Å². The smallest absolute Gasteiger partial charge is 0.159 e. The van der Waals surface area contributed by atoms with E-state index < -0.39 is 0 Å². The molecule has 0 unspecified atom stereocenters. The van der Waals surface area contributed by atoms with E-state index in [9.17, 15) is 0 Å². The molecule has 0 spiro atoms. The largest absolute Gasteiger partial charge is 0.456 e. The van der Waals surface area contributed by atoms with Crippen molar-refractivity contribution in [2.24, 2.45) is 0 Å². The van der Waals surface area contributed by atoms with Crippen molar-refractivity contribution in [3.63, 3.8) is 0 Å². The molecular formula is C62H38N2O3. The topological polar surface area (TPSA) is 42.0 Å². The summed E-state index contributed by atoms with van der Waals surface area (Å²) in [6.45, 7) is 0. The van der Waals surface area contributed by atoms with Gasteiger partial charge in [-0.15, -0.1) is 0 Å². The second-order valence-electron chi connectivity index (χ2n) is 17.2. The van der Waals surface area contributed by atoms with Crippen molar-refractivity contribution in [3.8, 4) is 33.8 Å². The number of nitrogens with zero attached hydrogens (tertiary/aromatic N) is 2. The fourth-order valence-electron chi connectivity index (χ4n) is 10.4. The van der Waals surface area contributed by atoms with Crippen LogP contribution in [0.1, 0.15) is 0 Å². The molecule has 1 aliphatic heterocycles. The van der Waals surface area contributed by atoms with Gasteiger partial charge in [0.25, 0.3) is 0 Å². The number of anilines is 6. The van der Waals surface area contributed by atoms with Crippen LogP contribution in [0.5, 0.6) is 11.5 Å². The average molecular weight is 859 g/mol. The van der Waals surface area contributed by atoms with E-state index in [-0.39, 0.29) is 0 Å². The highest BCUT2D eigenvalue weighted by Crippen LogP contribution is 2.53. The van der Waals surface area contributed by atoms with E-state index in [1.807, 2.05) is 24.3 Å². The summed E-state index contributed by atoms with van der Waals surface area (Å²) in [5, 5.41) is 8.90. The fraction of sp³-hybridized carbons (Fsp3) is 0. The minimum Gasteiger partial charge on any atom is -0.456 e. The number of hydrogen-bond acceptors (Lipinski definition) is 5. The van der Waals surface area contributed by atoms with Gasteiger partial charge in [0.2, 0.25) is 0 Å². The maximum Gasteiger partial charge on any atom is 0.159 e. The molecule has 2 aromatic heterocycles. The molecule has 0 aliphatic carbocycles. The highest BCUT2D eigenvalue weighted by Gasteiger charge is 2.27. The third-order valence-electron chi connectivity index (χ3n) is 13.4. The number of rotatable bonds is 7. The summed E-state index contributed by atoms with van der Waals surface area (Å²) in [5.74, 6) is 1.63. The van der Waals surface area contributed by atoms with Crippen LogP contribution in [0.25, 0.3) is 87.7 Å². The molecular weight excluding hydrogens is 821 g/mol. The lowest BCUT2D eigenvalue weighted by Gasteiger charge is -2.30. The Morgan fingerprint density at radius 2 is 0.910 bits per heavy atom. The summed E-state index contributed by atoms with van der Waals surface area (Å²) in [4.78, 5) is 4.65. The maximum absolute atomic E-state index is 7.03. The third kappa shape index (κ3) is 5.88. The van der Waals surface area contributed by atoms with Crippen LogP contribution in [0.3, 0.4) is 0 Å². The van der Waals surface area contributed by atoms with Gasteiger partial charge >= 0.3 is 0 Å². The Morgan fingerprint density at radius 1 is 0.299 bits per heavy atom. The first kappa shape index (κ1) is 37.3. The summed E-state index contributed by atoms with van der Waals surface area (Å²) in [6.07, 6.45) is 0. The predicted molar refractivity (Wildman–Crippen MR) is 276 cm³/mol. The number of furan rings is 2. The molecule has 14 rings (SSSR count). The van der Waals surface area contributed by atoms with Gasteiger partial charge in [-0.3, -0.25) is 0 Å². The first-order valence-corrected chi connectivity index (χ1v) is 22.6. The van der Waals surface area contributed by atoms with Crippen molar-refractivity contribution < 1.29 is 13.6 Å². The summed E-state index contributed by atoms with van der Waals surface area (Å²) < 4.78 is 20.0. The predicted octanol–water partition coefficient (Wildman–Crippen LogP) is 18.2. The van der Waals surface area contributed by atoms with Crippen LogP contribution in [0.15, 0.2) is 239 Å². The lowest BCUT2D eigenvalue weighted by Crippen LogP contribution is -2.12. The van der Waals surface area contributed by atoms with E-state index in [0.29, 0.717) is 0 Å². The Labute approximate surface area is 385 Å². The molecule has 67 heavy (non-hydrogen) atoms. The minimum absolute atomic E-state index is 0.796. The van der Waals surface area contributed by atoms with Crippen molar-refractivity contribution in [2.45, 2.75) is 0 Å². The molecule has 13 aromatic rings. The van der Waals surface area contributed by atoms with E-state index in [0.717, 1.165) is 133 Å². The average Bonchev–Trinajstić information content (AvgIpc) is 3.96. The number of fused-ring (bicyclic) bond motifs is 10. The molecule has 0 saturated carbocycles. The van der Waals surface area contributed by atoms with Gasteiger partial charge in [-0.1, -0.05) is 133 Å². The van der Waals surface area contributed by atoms with Crippen LogP contribution < -0.4 is 14.5 Å². The van der Waals surface area contributed by atoms with E-state index in [1.165, 1.54) is 0 Å². The molecule has 0 bridgehead atoms. The number of benzene rings is 11. The third-order valence-corrected chi connectivity index (χ3v) is 13.4. The van der Waals surface area contributed by atoms with Crippen LogP contribution in [-0.4, -0.2) is 0 Å². The molecule has 5 heteroatoms. The summed E-state index contributed by atoms with van der Waals surface area (Å²) in [5.41, 5.74) is 14.0. The molecule has 11 aromatic carbocycles. The molecule has 314 valence electrons. The van der Waals surface area contributed by atoms with Crippen molar-refractivity contribution in [3.05, 3.63) is 231 Å². The SMILES string of the molecule is c1ccc(-c2ccccc2N(c2ccc3c(c2)Oc2cccc4c2c-3cc2ccc(N(c3ccccc3)c3ccc5oc6ccccc6c5c3)cc24)c2cccc3c2oc2ccccc23)cc1. The molecule has 0 atom stereocenters. The lowest BCUT2D eigenvalue weighted by molar-refractivity contribution is 0.487. The highest BCUT2D eigenvalue weighted by atomic mass is 16.5. The van der Waals surface area contributed by atoms with E-state index >= 15 is 0 Å². The minimum atomic E-state index is 0.796. The zero-order chi connectivity index (χ0) is 44.0. The lowest BCUT2D eigenvalue weighted by atomic mass is 9.90. The molecule has 1 aliphatic rings. The van der Waals surface area contributed by atoms with Gasteiger partial charge in [-0.25, -0.2) is 0 Å². The molecule has 0 radical (unpaired) electrons. The van der Waals surface area contributed by atoms with Crippen molar-refractivity contribution in [1.29, 1.82) is 0 Å². The highest BCUT2D eigenvalue weighted by molar-refractivity contribution is 6.18. The van der Waals surface area contributed by atoms with Crippen LogP contribution in [0.2, 0.25) is 0 Å². The Kier molecular flexibility index (Phi) is 8.21. The first-order chi connectivity index (χ1) is 33.2. The van der Waals surface area contributed by atoms with Gasteiger partial charge in [0.05, 0.1) is 17.1 Å². The van der Waals surface area contributed by atoms with Crippen molar-refractivity contribution >= 4 is 99.5 Å². The van der Waals surface area contributed by atoms with Gasteiger partial charge in [0, 0.05) is 61.2 Å². The van der Waals surface area contributed by atoms with Gasteiger partial charge in [-0.05, 0) is 118 Å². The first-order valence-electron chi connectivity index (χ1n) is 22.6. The standard InChI is InChI=1S/C62H38N2O3/c1-3-15-39(16-4-1)45-19-7-10-24-54(45)64(55-25-13-23-50-46-20-8-12-27-57(46)67-62(50)55)44-31-33-48-53-35-40-29-30-42(36-51(40)49-22-14-28-59(61(49)53)66-60(48)38-44)63(41-17-5-2-6-18-41)43-32-34-58-52(37-43)47-21-9-11-26-56(47)65-58/h1-38H. The Bertz CT molecular complexity index is 4100. The quantitative estimate of drug-likeness (QED) is 0.149. The number of hydrogen-bond donors (Lipinski definition) is 0. The van der Waals surface area contributed by atoms with Crippen LogP contribution >= 0.6 is 0 Å². The van der Waals surface area contributed by atoms with E-state index in [2.05, 4.69) is 216 Å². The zero-order valence-electron chi connectivity index (χ0n) is 36.1. The second kappa shape index (κ2) is 14.7.